The van der Waals surface area contributed by atoms with Gasteiger partial charge in [-0.15, -0.1) is 0 Å². The molecule has 0 radical (unpaired) electrons. The molecule has 7 heteroatoms. The van der Waals surface area contributed by atoms with Gasteiger partial charge in [0.15, 0.2) is 0 Å². The van der Waals surface area contributed by atoms with Gasteiger partial charge in [0.1, 0.15) is 0 Å². The SMILES string of the molecule is Cc1ccc(S(=O)(=O)SN2CCN(C(=O)CC(C)(C)C)CC2)cc1. The third kappa shape index (κ3) is 5.50. The summed E-state index contributed by atoms with van der Waals surface area (Å²) in [5.41, 5.74) is 1.00. The van der Waals surface area contributed by atoms with E-state index in [1.807, 2.05) is 36.9 Å². The zero-order chi connectivity index (χ0) is 18.0. The second kappa shape index (κ2) is 7.45. The number of hydrogen-bond donors (Lipinski definition) is 0. The summed E-state index contributed by atoms with van der Waals surface area (Å²) in [5, 5.41) is 0. The van der Waals surface area contributed by atoms with E-state index in [-0.39, 0.29) is 11.3 Å². The van der Waals surface area contributed by atoms with E-state index in [0.717, 1.165) is 16.5 Å². The summed E-state index contributed by atoms with van der Waals surface area (Å²) in [4.78, 5) is 14.4. The van der Waals surface area contributed by atoms with Crippen molar-refractivity contribution >= 4 is 25.8 Å². The zero-order valence-corrected chi connectivity index (χ0v) is 16.4. The molecule has 134 valence electrons. The lowest BCUT2D eigenvalue weighted by Gasteiger charge is -2.34. The molecule has 2 rings (SSSR count). The minimum atomic E-state index is -3.40. The number of carbonyl (C=O) groups is 1. The average molecular weight is 371 g/mol. The van der Waals surface area contributed by atoms with Crippen molar-refractivity contribution in [2.45, 2.75) is 39.0 Å². The molecule has 1 aliphatic heterocycles. The lowest BCUT2D eigenvalue weighted by Crippen LogP contribution is -2.47. The fourth-order valence-corrected chi connectivity index (χ4v) is 5.48. The Labute approximate surface area is 148 Å². The Morgan fingerprint density at radius 1 is 1.08 bits per heavy atom. The fourth-order valence-electron chi connectivity index (χ4n) is 2.46. The lowest BCUT2D eigenvalue weighted by atomic mass is 9.91. The molecule has 0 bridgehead atoms. The molecule has 0 saturated carbocycles. The molecular weight excluding hydrogens is 344 g/mol. The minimum absolute atomic E-state index is 0.0300. The molecule has 1 aliphatic rings. The first kappa shape index (κ1) is 19.3. The van der Waals surface area contributed by atoms with Gasteiger partial charge >= 0.3 is 0 Å². The van der Waals surface area contributed by atoms with Crippen molar-refractivity contribution in [1.82, 2.24) is 9.21 Å². The highest BCUT2D eigenvalue weighted by molar-refractivity contribution is 8.71. The third-order valence-corrected chi connectivity index (χ3v) is 7.21. The summed E-state index contributed by atoms with van der Waals surface area (Å²) in [6.45, 7) is 10.3. The highest BCUT2D eigenvalue weighted by Gasteiger charge is 2.28. The van der Waals surface area contributed by atoms with Crippen LogP contribution in [0.1, 0.15) is 32.8 Å². The molecule has 0 unspecified atom stereocenters. The minimum Gasteiger partial charge on any atom is -0.340 e. The molecule has 1 aromatic carbocycles. The summed E-state index contributed by atoms with van der Waals surface area (Å²) >= 11 is 0. The van der Waals surface area contributed by atoms with Crippen LogP contribution in [0.4, 0.5) is 0 Å². The quantitative estimate of drug-likeness (QED) is 0.602. The van der Waals surface area contributed by atoms with Crippen LogP contribution in [0.5, 0.6) is 0 Å². The number of benzene rings is 1. The Kier molecular flexibility index (Phi) is 5.99. The maximum atomic E-state index is 12.5. The summed E-state index contributed by atoms with van der Waals surface area (Å²) in [6, 6.07) is 6.88. The number of carbonyl (C=O) groups excluding carboxylic acids is 1. The second-order valence-corrected chi connectivity index (χ2v) is 11.2. The summed E-state index contributed by atoms with van der Waals surface area (Å²) < 4.78 is 26.7. The largest absolute Gasteiger partial charge is 0.340 e. The fraction of sp³-hybridized carbons (Fsp3) is 0.588. The molecule has 5 nitrogen and oxygen atoms in total. The van der Waals surface area contributed by atoms with Gasteiger partial charge in [0, 0.05) is 32.6 Å². The van der Waals surface area contributed by atoms with Gasteiger partial charge in [0.25, 0.3) is 0 Å². The van der Waals surface area contributed by atoms with Crippen LogP contribution in [-0.2, 0) is 13.7 Å². The van der Waals surface area contributed by atoms with Gasteiger partial charge in [-0.3, -0.25) is 4.79 Å². The number of nitrogens with zero attached hydrogens (tertiary/aromatic N) is 2. The van der Waals surface area contributed by atoms with E-state index in [1.54, 1.807) is 24.3 Å². The van der Waals surface area contributed by atoms with E-state index >= 15 is 0 Å². The van der Waals surface area contributed by atoms with Gasteiger partial charge in [0.05, 0.1) is 15.9 Å². The average Bonchev–Trinajstić information content (AvgIpc) is 2.46. The summed E-state index contributed by atoms with van der Waals surface area (Å²) in [7, 11) is -2.53. The molecule has 1 amide bonds. The normalized spacial score (nSPS) is 17.1. The predicted octanol–water partition coefficient (Wildman–Crippen LogP) is 2.91. The van der Waals surface area contributed by atoms with E-state index in [1.165, 1.54) is 0 Å². The molecular formula is C17H26N2O3S2. The number of piperazine rings is 1. The van der Waals surface area contributed by atoms with E-state index in [2.05, 4.69) is 0 Å². The van der Waals surface area contributed by atoms with Crippen molar-refractivity contribution in [3.63, 3.8) is 0 Å². The first-order valence-corrected chi connectivity index (χ1v) is 10.9. The Morgan fingerprint density at radius 2 is 1.62 bits per heavy atom. The molecule has 1 aromatic rings. The number of rotatable bonds is 4. The highest BCUT2D eigenvalue weighted by Crippen LogP contribution is 2.28. The molecule has 24 heavy (non-hydrogen) atoms. The van der Waals surface area contributed by atoms with Crippen molar-refractivity contribution in [2.24, 2.45) is 5.41 Å². The lowest BCUT2D eigenvalue weighted by molar-refractivity contribution is -0.134. The van der Waals surface area contributed by atoms with Gasteiger partial charge in [-0.05, 0) is 24.5 Å². The smallest absolute Gasteiger partial charge is 0.244 e. The monoisotopic (exact) mass is 370 g/mol. The van der Waals surface area contributed by atoms with E-state index in [4.69, 9.17) is 0 Å². The maximum absolute atomic E-state index is 12.5. The number of hydrogen-bond acceptors (Lipinski definition) is 5. The van der Waals surface area contributed by atoms with Crippen molar-refractivity contribution in [2.75, 3.05) is 26.2 Å². The van der Waals surface area contributed by atoms with E-state index < -0.39 is 8.87 Å². The molecule has 1 heterocycles. The maximum Gasteiger partial charge on any atom is 0.244 e. The van der Waals surface area contributed by atoms with Crippen LogP contribution in [0.25, 0.3) is 0 Å². The van der Waals surface area contributed by atoms with Crippen molar-refractivity contribution in [3.05, 3.63) is 29.8 Å². The van der Waals surface area contributed by atoms with Crippen LogP contribution in [-0.4, -0.2) is 49.7 Å². The van der Waals surface area contributed by atoms with Gasteiger partial charge in [-0.25, -0.2) is 12.7 Å². The van der Waals surface area contributed by atoms with E-state index in [9.17, 15) is 13.2 Å². The Hall–Kier alpha value is -1.05. The number of aryl methyl sites for hydroxylation is 1. The molecule has 0 spiro atoms. The standard InChI is InChI=1S/C17H26N2O3S2/c1-14-5-7-15(8-6-14)24(21,22)23-19-11-9-18(10-12-19)16(20)13-17(2,3)4/h5-8H,9-13H2,1-4H3. The van der Waals surface area contributed by atoms with Gasteiger partial charge in [0.2, 0.25) is 14.8 Å². The topological polar surface area (TPSA) is 57.7 Å². The van der Waals surface area contributed by atoms with Crippen molar-refractivity contribution in [3.8, 4) is 0 Å². The van der Waals surface area contributed by atoms with E-state index in [0.29, 0.717) is 37.5 Å². The Morgan fingerprint density at radius 3 is 2.12 bits per heavy atom. The Balaban J connectivity index is 1.91. The second-order valence-electron chi connectivity index (χ2n) is 7.39. The molecule has 0 N–H and O–H groups in total. The molecule has 1 fully saturated rings. The zero-order valence-electron chi connectivity index (χ0n) is 14.8. The van der Waals surface area contributed by atoms with Gasteiger partial charge < -0.3 is 4.90 Å². The van der Waals surface area contributed by atoms with Crippen LogP contribution < -0.4 is 0 Å². The third-order valence-electron chi connectivity index (χ3n) is 3.79. The molecule has 1 saturated heterocycles. The van der Waals surface area contributed by atoms with Crippen LogP contribution >= 0.6 is 11.0 Å². The number of amides is 1. The van der Waals surface area contributed by atoms with Crippen molar-refractivity contribution < 1.29 is 13.2 Å². The highest BCUT2D eigenvalue weighted by atomic mass is 33.1. The summed E-state index contributed by atoms with van der Waals surface area (Å²) in [5.74, 6) is 0.147. The molecule has 0 aliphatic carbocycles. The first-order chi connectivity index (χ1) is 11.1. The first-order valence-electron chi connectivity index (χ1n) is 8.11. The van der Waals surface area contributed by atoms with Gasteiger partial charge in [-0.1, -0.05) is 38.5 Å². The van der Waals surface area contributed by atoms with Gasteiger partial charge in [-0.2, -0.15) is 0 Å². The Bertz CT molecular complexity index is 671. The molecule has 0 aromatic heterocycles. The van der Waals surface area contributed by atoms with Crippen LogP contribution in [0, 0.1) is 12.3 Å². The van der Waals surface area contributed by atoms with Crippen LogP contribution in [0.3, 0.4) is 0 Å². The predicted molar refractivity (Wildman–Crippen MR) is 98.2 cm³/mol. The van der Waals surface area contributed by atoms with Crippen LogP contribution in [0.2, 0.25) is 0 Å². The van der Waals surface area contributed by atoms with Crippen LogP contribution in [0.15, 0.2) is 29.2 Å². The molecule has 0 atom stereocenters. The van der Waals surface area contributed by atoms with Crippen molar-refractivity contribution in [1.29, 1.82) is 0 Å². The summed E-state index contributed by atoms with van der Waals surface area (Å²) in [6.07, 6.45) is 0.516.